The van der Waals surface area contributed by atoms with Crippen LogP contribution in [0.1, 0.15) is 22.3 Å². The van der Waals surface area contributed by atoms with Crippen molar-refractivity contribution in [3.63, 3.8) is 0 Å². The molecule has 7 rings (SSSR count). The number of hydrogen-bond acceptors (Lipinski definition) is 2. The molecular weight excluding hydrogens is 424 g/mol. The minimum absolute atomic E-state index is 1.29. The van der Waals surface area contributed by atoms with Gasteiger partial charge in [-0.25, -0.2) is 0 Å². The van der Waals surface area contributed by atoms with E-state index < -0.39 is 0 Å². The van der Waals surface area contributed by atoms with E-state index in [1.807, 2.05) is 23.5 Å². The van der Waals surface area contributed by atoms with E-state index in [-0.39, 0.29) is 0 Å². The van der Waals surface area contributed by atoms with E-state index in [1.165, 1.54) is 63.8 Å². The van der Waals surface area contributed by atoms with Crippen LogP contribution in [0.4, 0.5) is 0 Å². The van der Waals surface area contributed by atoms with E-state index in [0.717, 1.165) is 0 Å². The maximum Gasteiger partial charge on any atom is 0.0207 e. The summed E-state index contributed by atoms with van der Waals surface area (Å²) in [4.78, 5) is 5.31. The fraction of sp³-hybridized carbons (Fsp3) is 0. The van der Waals surface area contributed by atoms with Gasteiger partial charge in [-0.3, -0.25) is 0 Å². The highest BCUT2D eigenvalue weighted by Gasteiger charge is 2.30. The summed E-state index contributed by atoms with van der Waals surface area (Å²) < 4.78 is 0. The van der Waals surface area contributed by atoms with E-state index in [2.05, 4.69) is 109 Å². The second kappa shape index (κ2) is 7.16. The molecule has 0 saturated carbocycles. The van der Waals surface area contributed by atoms with Crippen molar-refractivity contribution in [2.24, 2.45) is 0 Å². The molecule has 0 fully saturated rings. The third kappa shape index (κ3) is 2.67. The van der Waals surface area contributed by atoms with Crippen LogP contribution in [0.2, 0.25) is 0 Å². The zero-order chi connectivity index (χ0) is 21.1. The first-order valence-corrected chi connectivity index (χ1v) is 12.4. The first-order chi connectivity index (χ1) is 15.9. The Labute approximate surface area is 196 Å². The Morgan fingerprint density at radius 1 is 0.375 bits per heavy atom. The van der Waals surface area contributed by atoms with Gasteiger partial charge >= 0.3 is 0 Å². The largest absolute Gasteiger partial charge is 0.0888 e. The SMILES string of the molecule is c1ccc2c(c1)Sc1ccccc1C2=C1c2ccccc2Sc2ccc3ccccc3c21. The Balaban J connectivity index is 1.71. The molecule has 0 atom stereocenters. The lowest BCUT2D eigenvalue weighted by Crippen LogP contribution is -2.07. The lowest BCUT2D eigenvalue weighted by Gasteiger charge is -2.30. The van der Waals surface area contributed by atoms with Gasteiger partial charge in [0.15, 0.2) is 0 Å². The highest BCUT2D eigenvalue weighted by Crippen LogP contribution is 2.55. The molecule has 0 aliphatic carbocycles. The molecule has 0 radical (unpaired) electrons. The lowest BCUT2D eigenvalue weighted by atomic mass is 9.83. The summed E-state index contributed by atoms with van der Waals surface area (Å²) in [5, 5.41) is 2.61. The van der Waals surface area contributed by atoms with E-state index >= 15 is 0 Å². The predicted molar refractivity (Wildman–Crippen MR) is 137 cm³/mol. The van der Waals surface area contributed by atoms with Crippen LogP contribution in [-0.2, 0) is 0 Å². The normalized spacial score (nSPS) is 13.9. The maximum atomic E-state index is 2.30. The van der Waals surface area contributed by atoms with Crippen molar-refractivity contribution in [3.05, 3.63) is 131 Å². The van der Waals surface area contributed by atoms with Gasteiger partial charge in [-0.15, -0.1) is 0 Å². The Morgan fingerprint density at radius 3 is 1.53 bits per heavy atom. The Morgan fingerprint density at radius 2 is 0.875 bits per heavy atom. The standard InChI is InChI=1S/C30H18S2/c1-2-10-20-19(9-1)17-18-27-29(20)30(23-13-5-8-16-26(23)32-27)28-21-11-3-6-14-24(21)31-25-15-7-4-12-22(25)28/h1-18H. The molecule has 2 aliphatic rings. The zero-order valence-electron chi connectivity index (χ0n) is 17.2. The Bertz CT molecular complexity index is 1530. The molecule has 0 spiro atoms. The summed E-state index contributed by atoms with van der Waals surface area (Å²) in [6.45, 7) is 0. The van der Waals surface area contributed by atoms with Crippen molar-refractivity contribution < 1.29 is 0 Å². The van der Waals surface area contributed by atoms with Gasteiger partial charge in [-0.05, 0) is 57.3 Å². The monoisotopic (exact) mass is 442 g/mol. The van der Waals surface area contributed by atoms with E-state index in [1.54, 1.807) is 0 Å². The van der Waals surface area contributed by atoms with Crippen molar-refractivity contribution in [2.45, 2.75) is 19.6 Å². The molecule has 2 heteroatoms. The third-order valence-corrected chi connectivity index (χ3v) is 8.59. The van der Waals surface area contributed by atoms with Crippen LogP contribution in [0, 0.1) is 0 Å². The van der Waals surface area contributed by atoms with Crippen molar-refractivity contribution in [2.75, 3.05) is 0 Å². The molecule has 0 N–H and O–H groups in total. The quantitative estimate of drug-likeness (QED) is 0.230. The zero-order valence-corrected chi connectivity index (χ0v) is 18.8. The molecule has 0 amide bonds. The van der Waals surface area contributed by atoms with Gasteiger partial charge in [0.05, 0.1) is 0 Å². The molecule has 0 bridgehead atoms. The Hall–Kier alpha value is -3.20. The fourth-order valence-electron chi connectivity index (χ4n) is 4.93. The van der Waals surface area contributed by atoms with Gasteiger partial charge in [0, 0.05) is 30.7 Å². The van der Waals surface area contributed by atoms with E-state index in [0.29, 0.717) is 0 Å². The van der Waals surface area contributed by atoms with Gasteiger partial charge < -0.3 is 0 Å². The van der Waals surface area contributed by atoms with Crippen LogP contribution in [0.3, 0.4) is 0 Å². The molecule has 150 valence electrons. The number of benzene rings is 5. The van der Waals surface area contributed by atoms with Gasteiger partial charge in [-0.1, -0.05) is 108 Å². The maximum absolute atomic E-state index is 2.30. The van der Waals surface area contributed by atoms with Crippen molar-refractivity contribution in [1.82, 2.24) is 0 Å². The molecule has 0 unspecified atom stereocenters. The van der Waals surface area contributed by atoms with Gasteiger partial charge in [0.25, 0.3) is 0 Å². The van der Waals surface area contributed by atoms with Crippen LogP contribution in [0.5, 0.6) is 0 Å². The van der Waals surface area contributed by atoms with Crippen molar-refractivity contribution >= 4 is 45.4 Å². The number of hydrogen-bond donors (Lipinski definition) is 0. The number of fused-ring (bicyclic) bond motifs is 6. The topological polar surface area (TPSA) is 0 Å². The molecule has 32 heavy (non-hydrogen) atoms. The van der Waals surface area contributed by atoms with E-state index in [4.69, 9.17) is 0 Å². The molecule has 5 aromatic rings. The highest BCUT2D eigenvalue weighted by atomic mass is 32.2. The highest BCUT2D eigenvalue weighted by molar-refractivity contribution is 8.00. The number of rotatable bonds is 0. The third-order valence-electron chi connectivity index (χ3n) is 6.30. The van der Waals surface area contributed by atoms with Crippen LogP contribution >= 0.6 is 23.5 Å². The van der Waals surface area contributed by atoms with Gasteiger partial charge in [0.2, 0.25) is 0 Å². The summed E-state index contributed by atoms with van der Waals surface area (Å²) in [5.41, 5.74) is 8.04. The molecule has 2 heterocycles. The first kappa shape index (κ1) is 18.4. The van der Waals surface area contributed by atoms with Crippen LogP contribution in [0.25, 0.3) is 21.9 Å². The molecule has 0 saturated heterocycles. The molecule has 2 aliphatic heterocycles. The molecule has 0 nitrogen and oxygen atoms in total. The molecule has 5 aromatic carbocycles. The summed E-state index contributed by atoms with van der Waals surface area (Å²) in [6, 6.07) is 39.9. The molecule has 0 aromatic heterocycles. The van der Waals surface area contributed by atoms with Crippen LogP contribution in [-0.4, -0.2) is 0 Å². The summed E-state index contributed by atoms with van der Waals surface area (Å²) >= 11 is 3.77. The second-order valence-corrected chi connectivity index (χ2v) is 10.3. The smallest absolute Gasteiger partial charge is 0.0207 e. The van der Waals surface area contributed by atoms with E-state index in [9.17, 15) is 0 Å². The first-order valence-electron chi connectivity index (χ1n) is 10.8. The minimum Gasteiger partial charge on any atom is -0.0888 e. The van der Waals surface area contributed by atoms with Crippen molar-refractivity contribution in [3.8, 4) is 0 Å². The van der Waals surface area contributed by atoms with Gasteiger partial charge in [-0.2, -0.15) is 0 Å². The van der Waals surface area contributed by atoms with Crippen LogP contribution < -0.4 is 0 Å². The van der Waals surface area contributed by atoms with Crippen LogP contribution in [0.15, 0.2) is 129 Å². The second-order valence-electron chi connectivity index (χ2n) is 8.10. The summed E-state index contributed by atoms with van der Waals surface area (Å²) in [6.07, 6.45) is 0. The van der Waals surface area contributed by atoms with Crippen molar-refractivity contribution in [1.29, 1.82) is 0 Å². The Kier molecular flexibility index (Phi) is 4.11. The summed E-state index contributed by atoms with van der Waals surface area (Å²) in [7, 11) is 0. The average Bonchev–Trinajstić information content (AvgIpc) is 2.86. The van der Waals surface area contributed by atoms with Gasteiger partial charge in [0.1, 0.15) is 0 Å². The lowest BCUT2D eigenvalue weighted by molar-refractivity contribution is 1.26. The summed E-state index contributed by atoms with van der Waals surface area (Å²) in [5.74, 6) is 0. The molecular formula is C30H18S2. The predicted octanol–water partition coefficient (Wildman–Crippen LogP) is 8.78. The average molecular weight is 443 g/mol. The fourth-order valence-corrected chi connectivity index (χ4v) is 7.13. The minimum atomic E-state index is 1.29.